The molecule has 0 heterocycles. The second-order valence-corrected chi connectivity index (χ2v) is 5.88. The monoisotopic (exact) mass is 291 g/mol. The number of rotatable bonds is 9. The van der Waals surface area contributed by atoms with E-state index < -0.39 is 0 Å². The van der Waals surface area contributed by atoms with Gasteiger partial charge in [0.1, 0.15) is 5.75 Å². The molecule has 2 atom stereocenters. The Kier molecular flexibility index (Phi) is 7.04. The molecule has 1 saturated carbocycles. The summed E-state index contributed by atoms with van der Waals surface area (Å²) in [6.07, 6.45) is 6.15. The highest BCUT2D eigenvalue weighted by Crippen LogP contribution is 2.28. The molecule has 0 spiro atoms. The fourth-order valence-electron chi connectivity index (χ4n) is 3.21. The van der Waals surface area contributed by atoms with Crippen molar-refractivity contribution in [2.45, 2.75) is 45.1 Å². The minimum absolute atomic E-state index is 0.704. The molecular formula is C18H29NO2. The molecule has 2 rings (SSSR count). The van der Waals surface area contributed by atoms with Gasteiger partial charge in [0, 0.05) is 13.2 Å². The smallest absolute Gasteiger partial charge is 0.119 e. The highest BCUT2D eigenvalue weighted by Gasteiger charge is 2.25. The van der Waals surface area contributed by atoms with E-state index >= 15 is 0 Å². The van der Waals surface area contributed by atoms with E-state index in [-0.39, 0.29) is 0 Å². The lowest BCUT2D eigenvalue weighted by Crippen LogP contribution is -2.32. The molecule has 1 aromatic rings. The van der Waals surface area contributed by atoms with E-state index in [2.05, 4.69) is 36.5 Å². The second-order valence-electron chi connectivity index (χ2n) is 5.88. The number of nitrogens with one attached hydrogen (secondary N) is 1. The summed E-state index contributed by atoms with van der Waals surface area (Å²) in [5, 5.41) is 3.60. The van der Waals surface area contributed by atoms with Crippen molar-refractivity contribution in [1.82, 2.24) is 5.32 Å². The van der Waals surface area contributed by atoms with Crippen molar-refractivity contribution in [1.29, 1.82) is 0 Å². The molecule has 0 radical (unpaired) electrons. The number of methoxy groups -OCH3 is 1. The zero-order chi connectivity index (χ0) is 14.9. The molecular weight excluding hydrogens is 262 g/mol. The van der Waals surface area contributed by atoms with Crippen LogP contribution in [-0.2, 0) is 11.2 Å². The van der Waals surface area contributed by atoms with Gasteiger partial charge in [0.25, 0.3) is 0 Å². The summed E-state index contributed by atoms with van der Waals surface area (Å²) < 4.78 is 11.0. The van der Waals surface area contributed by atoms with Crippen molar-refractivity contribution >= 4 is 0 Å². The van der Waals surface area contributed by atoms with E-state index in [1.807, 2.05) is 0 Å². The lowest BCUT2D eigenvalue weighted by Gasteiger charge is -2.20. The van der Waals surface area contributed by atoms with Crippen LogP contribution in [0.1, 0.15) is 38.2 Å². The van der Waals surface area contributed by atoms with E-state index in [1.165, 1.54) is 24.8 Å². The van der Waals surface area contributed by atoms with E-state index in [4.69, 9.17) is 9.47 Å². The first-order valence-corrected chi connectivity index (χ1v) is 8.27. The first-order valence-electron chi connectivity index (χ1n) is 8.27. The Hall–Kier alpha value is -1.06. The Morgan fingerprint density at radius 3 is 2.67 bits per heavy atom. The molecule has 3 nitrogen and oxygen atoms in total. The van der Waals surface area contributed by atoms with Gasteiger partial charge in [-0.05, 0) is 55.8 Å². The average molecular weight is 291 g/mol. The van der Waals surface area contributed by atoms with Crippen LogP contribution in [0, 0.1) is 5.92 Å². The van der Waals surface area contributed by atoms with Crippen LogP contribution >= 0.6 is 0 Å². The van der Waals surface area contributed by atoms with Gasteiger partial charge < -0.3 is 14.8 Å². The van der Waals surface area contributed by atoms with Crippen LogP contribution in [0.15, 0.2) is 24.3 Å². The van der Waals surface area contributed by atoms with Gasteiger partial charge in [-0.15, -0.1) is 0 Å². The summed E-state index contributed by atoms with van der Waals surface area (Å²) in [6, 6.07) is 9.11. The zero-order valence-corrected chi connectivity index (χ0v) is 13.4. The first-order chi connectivity index (χ1) is 10.3. The lowest BCUT2D eigenvalue weighted by molar-refractivity contribution is 0.202. The Morgan fingerprint density at radius 1 is 1.14 bits per heavy atom. The van der Waals surface area contributed by atoms with Gasteiger partial charge in [-0.2, -0.15) is 0 Å². The van der Waals surface area contributed by atoms with Crippen LogP contribution in [0.5, 0.6) is 5.75 Å². The minimum atomic E-state index is 0.704. The Bertz CT molecular complexity index is 391. The third kappa shape index (κ3) is 5.33. The number of hydrogen-bond donors (Lipinski definition) is 1. The van der Waals surface area contributed by atoms with E-state index in [1.54, 1.807) is 7.11 Å². The molecule has 2 unspecified atom stereocenters. The van der Waals surface area contributed by atoms with Gasteiger partial charge in [0.05, 0.1) is 13.2 Å². The topological polar surface area (TPSA) is 30.5 Å². The van der Waals surface area contributed by atoms with Crippen molar-refractivity contribution in [3.05, 3.63) is 29.8 Å². The van der Waals surface area contributed by atoms with Crippen LogP contribution in [0.2, 0.25) is 0 Å². The number of hydrogen-bond acceptors (Lipinski definition) is 3. The Labute approximate surface area is 129 Å². The largest absolute Gasteiger partial charge is 0.494 e. The standard InChI is InChI=1S/C18H29NO2/c1-3-19-18-6-4-5-16(18)12-14-21-17-9-7-15(8-10-17)11-13-20-2/h7-10,16,18-19H,3-6,11-14H2,1-2H3. The molecule has 1 aliphatic carbocycles. The third-order valence-corrected chi connectivity index (χ3v) is 4.40. The summed E-state index contributed by atoms with van der Waals surface area (Å²) in [5.74, 6) is 1.76. The predicted molar refractivity (Wildman–Crippen MR) is 86.9 cm³/mol. The third-order valence-electron chi connectivity index (χ3n) is 4.40. The molecule has 0 saturated heterocycles. The zero-order valence-electron chi connectivity index (χ0n) is 13.4. The Morgan fingerprint density at radius 2 is 1.95 bits per heavy atom. The van der Waals surface area contributed by atoms with Crippen molar-refractivity contribution in [2.75, 3.05) is 26.9 Å². The molecule has 0 aromatic heterocycles. The van der Waals surface area contributed by atoms with Crippen LogP contribution in [0.4, 0.5) is 0 Å². The minimum Gasteiger partial charge on any atom is -0.494 e. The molecule has 118 valence electrons. The molecule has 21 heavy (non-hydrogen) atoms. The quantitative estimate of drug-likeness (QED) is 0.756. The summed E-state index contributed by atoms with van der Waals surface area (Å²) in [5.41, 5.74) is 1.30. The van der Waals surface area contributed by atoms with Gasteiger partial charge >= 0.3 is 0 Å². The van der Waals surface area contributed by atoms with Crippen molar-refractivity contribution < 1.29 is 9.47 Å². The second kappa shape index (κ2) is 9.06. The molecule has 0 bridgehead atoms. The van der Waals surface area contributed by atoms with Gasteiger partial charge in [-0.1, -0.05) is 25.5 Å². The molecule has 1 N–H and O–H groups in total. The SMILES string of the molecule is CCNC1CCCC1CCOc1ccc(CCOC)cc1. The van der Waals surface area contributed by atoms with Crippen LogP contribution in [-0.4, -0.2) is 32.9 Å². The van der Waals surface area contributed by atoms with Gasteiger partial charge in [-0.25, -0.2) is 0 Å². The predicted octanol–water partition coefficient (Wildman–Crippen LogP) is 3.42. The summed E-state index contributed by atoms with van der Waals surface area (Å²) >= 11 is 0. The van der Waals surface area contributed by atoms with Gasteiger partial charge in [0.15, 0.2) is 0 Å². The fraction of sp³-hybridized carbons (Fsp3) is 0.667. The lowest BCUT2D eigenvalue weighted by atomic mass is 10.00. The first kappa shape index (κ1) is 16.3. The maximum atomic E-state index is 5.89. The van der Waals surface area contributed by atoms with Crippen molar-refractivity contribution in [3.8, 4) is 5.75 Å². The van der Waals surface area contributed by atoms with Crippen molar-refractivity contribution in [3.63, 3.8) is 0 Å². The fourth-order valence-corrected chi connectivity index (χ4v) is 3.21. The molecule has 0 amide bonds. The van der Waals surface area contributed by atoms with E-state index in [0.717, 1.165) is 44.3 Å². The molecule has 1 aromatic carbocycles. The van der Waals surface area contributed by atoms with Gasteiger partial charge in [0.2, 0.25) is 0 Å². The summed E-state index contributed by atoms with van der Waals surface area (Å²) in [4.78, 5) is 0. The highest BCUT2D eigenvalue weighted by molar-refractivity contribution is 5.27. The Balaban J connectivity index is 1.70. The highest BCUT2D eigenvalue weighted by atomic mass is 16.5. The van der Waals surface area contributed by atoms with Crippen LogP contribution in [0.3, 0.4) is 0 Å². The van der Waals surface area contributed by atoms with Crippen LogP contribution < -0.4 is 10.1 Å². The van der Waals surface area contributed by atoms with Crippen LogP contribution in [0.25, 0.3) is 0 Å². The van der Waals surface area contributed by atoms with E-state index in [0.29, 0.717) is 6.04 Å². The van der Waals surface area contributed by atoms with Gasteiger partial charge in [-0.3, -0.25) is 0 Å². The molecule has 3 heteroatoms. The average Bonchev–Trinajstić information content (AvgIpc) is 2.94. The molecule has 1 fully saturated rings. The summed E-state index contributed by atoms with van der Waals surface area (Å²) in [7, 11) is 1.74. The molecule has 1 aliphatic rings. The normalized spacial score (nSPS) is 21.6. The maximum absolute atomic E-state index is 5.89. The number of ether oxygens (including phenoxy) is 2. The van der Waals surface area contributed by atoms with Crippen molar-refractivity contribution in [2.24, 2.45) is 5.92 Å². The van der Waals surface area contributed by atoms with E-state index in [9.17, 15) is 0 Å². The maximum Gasteiger partial charge on any atom is 0.119 e. The summed E-state index contributed by atoms with van der Waals surface area (Å²) in [6.45, 7) is 4.86. The number of benzene rings is 1. The molecule has 0 aliphatic heterocycles.